The van der Waals surface area contributed by atoms with Crippen LogP contribution in [0.25, 0.3) is 30.5 Å². The molecule has 1 aromatic carbocycles. The van der Waals surface area contributed by atoms with Gasteiger partial charge in [0, 0.05) is 0 Å². The minimum absolute atomic E-state index is 0.0647. The molecule has 3 aromatic heterocycles. The van der Waals surface area contributed by atoms with Gasteiger partial charge in [0.15, 0.2) is 0 Å². The van der Waals surface area contributed by atoms with E-state index in [9.17, 15) is 4.79 Å². The zero-order chi connectivity index (χ0) is 13.0. The van der Waals surface area contributed by atoms with Crippen molar-refractivity contribution in [3.8, 4) is 0 Å². The summed E-state index contributed by atoms with van der Waals surface area (Å²) in [5.41, 5.74) is 1.56. The fourth-order valence-electron chi connectivity index (χ4n) is 2.14. The van der Waals surface area contributed by atoms with E-state index in [1.165, 1.54) is 6.33 Å². The topological polar surface area (TPSA) is 58.6 Å². The minimum atomic E-state index is -0.0942. The Morgan fingerprint density at radius 1 is 1.26 bits per heavy atom. The van der Waals surface area contributed by atoms with Gasteiger partial charge < -0.3 is 0 Å². The van der Waals surface area contributed by atoms with E-state index in [4.69, 9.17) is 11.6 Å². The van der Waals surface area contributed by atoms with Gasteiger partial charge in [0.1, 0.15) is 0 Å². The Bertz CT molecular complexity index is 1010. The Balaban J connectivity index is 2.26. The van der Waals surface area contributed by atoms with Crippen molar-refractivity contribution in [3.05, 3.63) is 46.0 Å². The van der Waals surface area contributed by atoms with E-state index in [0.29, 0.717) is 5.02 Å². The van der Waals surface area contributed by atoms with E-state index >= 15 is 0 Å². The summed E-state index contributed by atoms with van der Waals surface area (Å²) in [6.45, 7) is 0. The molecule has 0 atom stereocenters. The maximum atomic E-state index is 11.8. The van der Waals surface area contributed by atoms with Crippen LogP contribution in [0.2, 0.25) is 5.02 Å². The number of pyridine rings is 1. The number of nitrogens with zero attached hydrogens (tertiary/aromatic N) is 2. The van der Waals surface area contributed by atoms with Gasteiger partial charge in [-0.25, -0.2) is 0 Å². The number of halogens is 1. The summed E-state index contributed by atoms with van der Waals surface area (Å²) >= 11 is 5.89. The summed E-state index contributed by atoms with van der Waals surface area (Å²) in [6, 6.07) is 7.65. The fraction of sp³-hybridized carbons (Fsp3) is 0. The molecule has 0 aliphatic heterocycles. The molecule has 0 saturated carbocycles. The zero-order valence-electron chi connectivity index (χ0n) is 9.48. The van der Waals surface area contributed by atoms with Crippen LogP contribution >= 0.6 is 11.6 Å². The zero-order valence-corrected chi connectivity index (χ0v) is 11.9. The average molecular weight is 335 g/mol. The van der Waals surface area contributed by atoms with Crippen molar-refractivity contribution < 1.29 is 0 Å². The molecule has 1 N–H and O–H groups in total. The maximum absolute atomic E-state index is 11.8. The van der Waals surface area contributed by atoms with Gasteiger partial charge in [-0.1, -0.05) is 0 Å². The third kappa shape index (κ3) is 1.63. The summed E-state index contributed by atoms with van der Waals surface area (Å²) in [5, 5.41) is 2.64. The molecule has 0 aliphatic carbocycles. The Kier molecular flexibility index (Phi) is 2.30. The number of rotatable bonds is 0. The van der Waals surface area contributed by atoms with Crippen LogP contribution in [0, 0.1) is 0 Å². The van der Waals surface area contributed by atoms with Crippen molar-refractivity contribution in [2.75, 3.05) is 0 Å². The predicted octanol–water partition coefficient (Wildman–Crippen LogP) is 2.33. The van der Waals surface area contributed by atoms with Crippen LogP contribution in [0.1, 0.15) is 0 Å². The Morgan fingerprint density at radius 3 is 3.05 bits per heavy atom. The standard InChI is InChI=1S/C13H6ClN3OSe/c14-7-2-1-6-3-8-10-11(12(18)16-5-15-10)19-13(8)17-9(6)4-7/h1-5H,(H,15,16,18). The molecular weight excluding hydrogens is 329 g/mol. The molecule has 3 heterocycles. The second-order valence-electron chi connectivity index (χ2n) is 4.19. The molecule has 0 bridgehead atoms. The monoisotopic (exact) mass is 335 g/mol. The van der Waals surface area contributed by atoms with Crippen molar-refractivity contribution in [3.63, 3.8) is 0 Å². The molecule has 4 aromatic rings. The van der Waals surface area contributed by atoms with Crippen LogP contribution in [-0.4, -0.2) is 29.5 Å². The quantitative estimate of drug-likeness (QED) is 0.502. The second-order valence-corrected chi connectivity index (χ2v) is 6.72. The molecule has 0 radical (unpaired) electrons. The number of hydrogen-bond donors (Lipinski definition) is 1. The van der Waals surface area contributed by atoms with Gasteiger partial charge in [0.25, 0.3) is 0 Å². The first-order chi connectivity index (χ1) is 9.22. The van der Waals surface area contributed by atoms with Crippen LogP contribution in [0.3, 0.4) is 0 Å². The molecule has 92 valence electrons. The summed E-state index contributed by atoms with van der Waals surface area (Å²) in [4.78, 5) is 23.3. The van der Waals surface area contributed by atoms with Crippen molar-refractivity contribution in [2.45, 2.75) is 0 Å². The first-order valence-electron chi connectivity index (χ1n) is 5.58. The molecule has 4 nitrogen and oxygen atoms in total. The van der Waals surface area contributed by atoms with Gasteiger partial charge in [-0.15, -0.1) is 0 Å². The average Bonchev–Trinajstić information content (AvgIpc) is 2.75. The molecule has 0 fully saturated rings. The summed E-state index contributed by atoms with van der Waals surface area (Å²) in [7, 11) is 0. The first kappa shape index (κ1) is 11.2. The van der Waals surface area contributed by atoms with Gasteiger partial charge in [0.2, 0.25) is 0 Å². The molecule has 0 aliphatic rings. The summed E-state index contributed by atoms with van der Waals surface area (Å²) in [5.74, 6) is 0. The number of fused-ring (bicyclic) bond motifs is 4. The van der Waals surface area contributed by atoms with E-state index in [0.717, 1.165) is 30.5 Å². The van der Waals surface area contributed by atoms with Gasteiger partial charge in [-0.05, 0) is 0 Å². The van der Waals surface area contributed by atoms with Gasteiger partial charge in [-0.3, -0.25) is 0 Å². The van der Waals surface area contributed by atoms with Gasteiger partial charge in [0.05, 0.1) is 0 Å². The number of H-pyrrole nitrogens is 1. The number of aromatic amines is 1. The van der Waals surface area contributed by atoms with Crippen molar-refractivity contribution in [2.24, 2.45) is 0 Å². The molecule has 6 heteroatoms. The number of hydrogen-bond acceptors (Lipinski definition) is 3. The molecule has 0 amide bonds. The number of benzene rings is 1. The molecule has 0 spiro atoms. The SMILES string of the molecule is O=c1[nH]cnc2c1[se]c1nc3cc(Cl)ccc3cc12. The molecule has 0 unspecified atom stereocenters. The number of aromatic nitrogens is 3. The summed E-state index contributed by atoms with van der Waals surface area (Å²) < 4.78 is 1.69. The van der Waals surface area contributed by atoms with E-state index < -0.39 is 0 Å². The van der Waals surface area contributed by atoms with E-state index in [1.807, 2.05) is 24.3 Å². The Morgan fingerprint density at radius 2 is 2.16 bits per heavy atom. The first-order valence-corrected chi connectivity index (χ1v) is 7.68. The third-order valence-corrected chi connectivity index (χ3v) is 5.53. The van der Waals surface area contributed by atoms with Gasteiger partial charge >= 0.3 is 117 Å². The third-order valence-electron chi connectivity index (χ3n) is 3.01. The van der Waals surface area contributed by atoms with Crippen molar-refractivity contribution >= 4 is 56.6 Å². The summed E-state index contributed by atoms with van der Waals surface area (Å²) in [6.07, 6.45) is 1.44. The van der Waals surface area contributed by atoms with Crippen LogP contribution in [0.5, 0.6) is 0 Å². The van der Waals surface area contributed by atoms with Crippen LogP contribution in [-0.2, 0) is 0 Å². The normalized spacial score (nSPS) is 11.6. The molecular formula is C13H6ClN3OSe. The molecule has 19 heavy (non-hydrogen) atoms. The Hall–Kier alpha value is -1.68. The van der Waals surface area contributed by atoms with Crippen molar-refractivity contribution in [1.82, 2.24) is 15.0 Å². The fourth-order valence-corrected chi connectivity index (χ4v) is 4.43. The second kappa shape index (κ2) is 3.90. The molecule has 4 rings (SSSR count). The van der Waals surface area contributed by atoms with E-state index in [1.54, 1.807) is 0 Å². The van der Waals surface area contributed by atoms with Crippen molar-refractivity contribution in [1.29, 1.82) is 0 Å². The van der Waals surface area contributed by atoms with Crippen LogP contribution in [0.15, 0.2) is 35.4 Å². The van der Waals surface area contributed by atoms with E-state index in [-0.39, 0.29) is 20.1 Å². The Labute approximate surface area is 117 Å². The molecule has 0 saturated heterocycles. The van der Waals surface area contributed by atoms with E-state index in [2.05, 4.69) is 15.0 Å². The van der Waals surface area contributed by atoms with Crippen LogP contribution < -0.4 is 5.56 Å². The van der Waals surface area contributed by atoms with Gasteiger partial charge in [-0.2, -0.15) is 0 Å². The predicted molar refractivity (Wildman–Crippen MR) is 77.1 cm³/mol. The van der Waals surface area contributed by atoms with Crippen LogP contribution in [0.4, 0.5) is 0 Å². The number of nitrogens with one attached hydrogen (secondary N) is 1.